The molecule has 0 saturated heterocycles. The van der Waals surface area contributed by atoms with Crippen molar-refractivity contribution in [1.82, 2.24) is 4.90 Å². The van der Waals surface area contributed by atoms with Gasteiger partial charge in [-0.15, -0.1) is 0 Å². The first-order valence-corrected chi connectivity index (χ1v) is 7.71. The minimum Gasteiger partial charge on any atom is -0.493 e. The second kappa shape index (κ2) is 7.68. The topological polar surface area (TPSA) is 38.8 Å². The Hall–Kier alpha value is -2.49. The van der Waals surface area contributed by atoms with E-state index in [-0.39, 0.29) is 11.9 Å². The first-order valence-electron chi connectivity index (χ1n) is 7.71. The van der Waals surface area contributed by atoms with Crippen molar-refractivity contribution in [1.29, 1.82) is 0 Å². The summed E-state index contributed by atoms with van der Waals surface area (Å²) in [7, 11) is 3.38. The third kappa shape index (κ3) is 3.83. The Balaban J connectivity index is 2.22. The summed E-state index contributed by atoms with van der Waals surface area (Å²) in [5, 5.41) is 0. The van der Waals surface area contributed by atoms with Crippen molar-refractivity contribution in [2.45, 2.75) is 19.9 Å². The molecule has 1 amide bonds. The van der Waals surface area contributed by atoms with Crippen molar-refractivity contribution in [2.75, 3.05) is 20.8 Å². The molecule has 0 radical (unpaired) electrons. The van der Waals surface area contributed by atoms with Gasteiger partial charge in [-0.2, -0.15) is 0 Å². The average Bonchev–Trinajstić information content (AvgIpc) is 2.61. The lowest BCUT2D eigenvalue weighted by molar-refractivity contribution is 0.0742. The number of carbonyl (C=O) groups excluding carboxylic acids is 1. The van der Waals surface area contributed by atoms with Crippen LogP contribution in [-0.4, -0.2) is 31.6 Å². The summed E-state index contributed by atoms with van der Waals surface area (Å²) in [6.45, 7) is 4.47. The van der Waals surface area contributed by atoms with Gasteiger partial charge in [-0.1, -0.05) is 30.3 Å². The Kier molecular flexibility index (Phi) is 5.63. The lowest BCUT2D eigenvalue weighted by Crippen LogP contribution is -2.29. The van der Waals surface area contributed by atoms with E-state index in [2.05, 4.69) is 0 Å². The average molecular weight is 313 g/mol. The van der Waals surface area contributed by atoms with E-state index in [0.717, 1.165) is 5.56 Å². The Labute approximate surface area is 137 Å². The van der Waals surface area contributed by atoms with Crippen LogP contribution >= 0.6 is 0 Å². The molecule has 1 unspecified atom stereocenters. The molecule has 4 nitrogen and oxygen atoms in total. The molecule has 0 heterocycles. The van der Waals surface area contributed by atoms with E-state index in [0.29, 0.717) is 23.7 Å². The highest BCUT2D eigenvalue weighted by molar-refractivity contribution is 5.95. The molecule has 23 heavy (non-hydrogen) atoms. The van der Waals surface area contributed by atoms with Crippen LogP contribution in [0.2, 0.25) is 0 Å². The molecule has 0 aliphatic carbocycles. The molecule has 0 N–H and O–H groups in total. The predicted molar refractivity (Wildman–Crippen MR) is 91.1 cm³/mol. The van der Waals surface area contributed by atoms with Gasteiger partial charge >= 0.3 is 0 Å². The SMILES string of the molecule is CCOc1ccc(C(=O)N(C)C(C)c2ccccc2)cc1OC. The predicted octanol–water partition coefficient (Wildman–Crippen LogP) is 3.93. The summed E-state index contributed by atoms with van der Waals surface area (Å²) in [6.07, 6.45) is 0. The molecule has 122 valence electrons. The van der Waals surface area contributed by atoms with Gasteiger partial charge in [0.05, 0.1) is 19.8 Å². The van der Waals surface area contributed by atoms with E-state index >= 15 is 0 Å². The van der Waals surface area contributed by atoms with Crippen LogP contribution in [-0.2, 0) is 0 Å². The van der Waals surface area contributed by atoms with Gasteiger partial charge in [0.15, 0.2) is 11.5 Å². The molecule has 4 heteroatoms. The van der Waals surface area contributed by atoms with E-state index in [1.807, 2.05) is 51.2 Å². The standard InChI is InChI=1S/C19H23NO3/c1-5-23-17-12-11-16(13-18(17)22-4)19(21)20(3)14(2)15-9-7-6-8-10-15/h6-14H,5H2,1-4H3. The van der Waals surface area contributed by atoms with Crippen LogP contribution < -0.4 is 9.47 Å². The Morgan fingerprint density at radius 3 is 2.43 bits per heavy atom. The molecule has 0 aliphatic rings. The summed E-state index contributed by atoms with van der Waals surface area (Å²) in [5.74, 6) is 1.16. The first-order chi connectivity index (χ1) is 11.1. The minimum atomic E-state index is -0.0531. The van der Waals surface area contributed by atoms with Crippen molar-refractivity contribution >= 4 is 5.91 Å². The monoisotopic (exact) mass is 313 g/mol. The van der Waals surface area contributed by atoms with Gasteiger partial charge < -0.3 is 14.4 Å². The van der Waals surface area contributed by atoms with Gasteiger partial charge in [0.2, 0.25) is 0 Å². The molecule has 0 bridgehead atoms. The van der Waals surface area contributed by atoms with Gasteiger partial charge in [0.1, 0.15) is 0 Å². The second-order valence-electron chi connectivity index (χ2n) is 5.30. The van der Waals surface area contributed by atoms with Crippen LogP contribution in [0.4, 0.5) is 0 Å². The quantitative estimate of drug-likeness (QED) is 0.811. The highest BCUT2D eigenvalue weighted by Crippen LogP contribution is 2.29. The zero-order valence-corrected chi connectivity index (χ0v) is 14.1. The number of rotatable bonds is 6. The molecule has 2 aromatic rings. The molecule has 0 spiro atoms. The lowest BCUT2D eigenvalue weighted by atomic mass is 10.1. The maximum absolute atomic E-state index is 12.7. The fourth-order valence-electron chi connectivity index (χ4n) is 2.41. The fraction of sp³-hybridized carbons (Fsp3) is 0.316. The second-order valence-corrected chi connectivity index (χ2v) is 5.30. The van der Waals surface area contributed by atoms with Crippen molar-refractivity contribution in [3.8, 4) is 11.5 Å². The Morgan fingerprint density at radius 2 is 1.83 bits per heavy atom. The third-order valence-corrected chi connectivity index (χ3v) is 3.89. The van der Waals surface area contributed by atoms with Gasteiger partial charge in [-0.3, -0.25) is 4.79 Å². The van der Waals surface area contributed by atoms with E-state index in [9.17, 15) is 4.79 Å². The van der Waals surface area contributed by atoms with Crippen molar-refractivity contribution in [3.63, 3.8) is 0 Å². The van der Waals surface area contributed by atoms with Gasteiger partial charge in [-0.25, -0.2) is 0 Å². The Morgan fingerprint density at radius 1 is 1.13 bits per heavy atom. The normalized spacial score (nSPS) is 11.7. The zero-order chi connectivity index (χ0) is 16.8. The van der Waals surface area contributed by atoms with Crippen LogP contribution in [0.15, 0.2) is 48.5 Å². The first kappa shape index (κ1) is 16.9. The molecule has 0 aromatic heterocycles. The molecule has 0 fully saturated rings. The van der Waals surface area contributed by atoms with E-state index < -0.39 is 0 Å². The number of methoxy groups -OCH3 is 1. The van der Waals surface area contributed by atoms with Crippen molar-refractivity contribution < 1.29 is 14.3 Å². The summed E-state index contributed by atoms with van der Waals surface area (Å²) in [4.78, 5) is 14.5. The highest BCUT2D eigenvalue weighted by Gasteiger charge is 2.20. The third-order valence-electron chi connectivity index (χ3n) is 3.89. The number of ether oxygens (including phenoxy) is 2. The number of hydrogen-bond acceptors (Lipinski definition) is 3. The maximum atomic E-state index is 12.7. The van der Waals surface area contributed by atoms with E-state index in [4.69, 9.17) is 9.47 Å². The van der Waals surface area contributed by atoms with Gasteiger partial charge in [-0.05, 0) is 37.6 Å². The van der Waals surface area contributed by atoms with Gasteiger partial charge in [0.25, 0.3) is 5.91 Å². The molecular formula is C19H23NO3. The number of hydrogen-bond donors (Lipinski definition) is 0. The number of carbonyl (C=O) groups is 1. The number of benzene rings is 2. The van der Waals surface area contributed by atoms with Crippen molar-refractivity contribution in [3.05, 3.63) is 59.7 Å². The number of nitrogens with zero attached hydrogens (tertiary/aromatic N) is 1. The Bertz CT molecular complexity index is 655. The minimum absolute atomic E-state index is 0.0127. The number of amides is 1. The molecule has 0 aliphatic heterocycles. The van der Waals surface area contributed by atoms with E-state index in [1.165, 1.54) is 0 Å². The lowest BCUT2D eigenvalue weighted by Gasteiger charge is -2.25. The van der Waals surface area contributed by atoms with Crippen LogP contribution in [0.25, 0.3) is 0 Å². The van der Waals surface area contributed by atoms with Crippen LogP contribution in [0, 0.1) is 0 Å². The zero-order valence-electron chi connectivity index (χ0n) is 14.1. The van der Waals surface area contributed by atoms with E-state index in [1.54, 1.807) is 30.2 Å². The molecule has 1 atom stereocenters. The molecule has 2 rings (SSSR count). The van der Waals surface area contributed by atoms with Gasteiger partial charge in [0, 0.05) is 12.6 Å². The van der Waals surface area contributed by atoms with Crippen LogP contribution in [0.5, 0.6) is 11.5 Å². The molecule has 0 saturated carbocycles. The smallest absolute Gasteiger partial charge is 0.254 e. The maximum Gasteiger partial charge on any atom is 0.254 e. The van der Waals surface area contributed by atoms with Crippen molar-refractivity contribution in [2.24, 2.45) is 0 Å². The van der Waals surface area contributed by atoms with Crippen LogP contribution in [0.1, 0.15) is 35.8 Å². The fourth-order valence-corrected chi connectivity index (χ4v) is 2.41. The van der Waals surface area contributed by atoms with Crippen LogP contribution in [0.3, 0.4) is 0 Å². The summed E-state index contributed by atoms with van der Waals surface area (Å²) >= 11 is 0. The summed E-state index contributed by atoms with van der Waals surface area (Å²) in [5.41, 5.74) is 1.68. The molecular weight excluding hydrogens is 290 g/mol. The molecule has 2 aromatic carbocycles. The largest absolute Gasteiger partial charge is 0.493 e. The summed E-state index contributed by atoms with van der Waals surface area (Å²) in [6, 6.07) is 15.2. The highest BCUT2D eigenvalue weighted by atomic mass is 16.5. The summed E-state index contributed by atoms with van der Waals surface area (Å²) < 4.78 is 10.8.